The summed E-state index contributed by atoms with van der Waals surface area (Å²) in [6, 6.07) is 17.9. The molecule has 0 radical (unpaired) electrons. The van der Waals surface area contributed by atoms with E-state index in [9.17, 15) is 0 Å². The summed E-state index contributed by atoms with van der Waals surface area (Å²) in [7, 11) is 0. The molecule has 0 bridgehead atoms. The molecule has 1 heterocycles. The molecule has 2 aromatic carbocycles. The van der Waals surface area contributed by atoms with E-state index in [1.165, 1.54) is 5.56 Å². The second kappa shape index (κ2) is 9.25. The van der Waals surface area contributed by atoms with Gasteiger partial charge in [-0.1, -0.05) is 74.5 Å². The van der Waals surface area contributed by atoms with Crippen molar-refractivity contribution >= 4 is 23.4 Å². The second-order valence-corrected chi connectivity index (χ2v) is 7.89. The number of benzene rings is 2. The molecule has 0 aliphatic rings. The largest absolute Gasteiger partial charge is 0.439 e. The molecule has 3 rings (SSSR count). The van der Waals surface area contributed by atoms with Crippen LogP contribution in [0.15, 0.2) is 59.8 Å². The highest BCUT2D eigenvalue weighted by molar-refractivity contribution is 7.98. The minimum atomic E-state index is 0.498. The maximum atomic E-state index is 6.24. The average molecular weight is 399 g/mol. The smallest absolute Gasteiger partial charge is 0.223 e. The number of aromatic nitrogens is 2. The topological polar surface area (TPSA) is 35.0 Å². The number of rotatable bonds is 7. The van der Waals surface area contributed by atoms with Crippen LogP contribution in [0.2, 0.25) is 5.02 Å². The van der Waals surface area contributed by atoms with Gasteiger partial charge in [-0.05, 0) is 41.7 Å². The summed E-state index contributed by atoms with van der Waals surface area (Å²) in [6.45, 7) is 6.43. The Morgan fingerprint density at radius 3 is 2.44 bits per heavy atom. The Bertz CT molecular complexity index is 897. The molecule has 0 spiro atoms. The molecule has 0 saturated carbocycles. The minimum absolute atomic E-state index is 0.498. The summed E-state index contributed by atoms with van der Waals surface area (Å²) in [5, 5.41) is 1.46. The Morgan fingerprint density at radius 1 is 1.04 bits per heavy atom. The Hall–Kier alpha value is -2.04. The molecular formula is C22H23ClN2OS. The third kappa shape index (κ3) is 5.47. The van der Waals surface area contributed by atoms with Crippen molar-refractivity contribution in [3.8, 4) is 11.6 Å². The molecule has 0 saturated heterocycles. The van der Waals surface area contributed by atoms with E-state index in [4.69, 9.17) is 16.3 Å². The average Bonchev–Trinajstić information content (AvgIpc) is 2.67. The van der Waals surface area contributed by atoms with Gasteiger partial charge in [-0.3, -0.25) is 0 Å². The van der Waals surface area contributed by atoms with Gasteiger partial charge < -0.3 is 4.74 Å². The molecule has 3 aromatic rings. The number of nitrogens with zero attached hydrogens (tertiary/aromatic N) is 2. The van der Waals surface area contributed by atoms with Gasteiger partial charge in [-0.2, -0.15) is 4.98 Å². The monoisotopic (exact) mass is 398 g/mol. The molecular weight excluding hydrogens is 376 g/mol. The maximum Gasteiger partial charge on any atom is 0.223 e. The van der Waals surface area contributed by atoms with Gasteiger partial charge in [0.25, 0.3) is 0 Å². The van der Waals surface area contributed by atoms with Crippen molar-refractivity contribution in [1.82, 2.24) is 9.97 Å². The van der Waals surface area contributed by atoms with E-state index in [-0.39, 0.29) is 0 Å². The SMILES string of the molecule is CCc1cc(Oc2ccc(C(C)C)cc2)nc(SCc2ccccc2Cl)n1. The zero-order chi connectivity index (χ0) is 19.2. The van der Waals surface area contributed by atoms with Crippen LogP contribution in [0.4, 0.5) is 0 Å². The highest BCUT2D eigenvalue weighted by Gasteiger charge is 2.09. The van der Waals surface area contributed by atoms with E-state index in [0.717, 1.165) is 34.2 Å². The zero-order valence-electron chi connectivity index (χ0n) is 15.8. The molecule has 5 heteroatoms. The van der Waals surface area contributed by atoms with E-state index in [1.807, 2.05) is 42.5 Å². The zero-order valence-corrected chi connectivity index (χ0v) is 17.3. The first-order valence-electron chi connectivity index (χ1n) is 9.07. The molecule has 0 fully saturated rings. The van der Waals surface area contributed by atoms with Crippen LogP contribution < -0.4 is 4.74 Å². The molecule has 0 amide bonds. The van der Waals surface area contributed by atoms with Crippen LogP contribution in [0.1, 0.15) is 43.5 Å². The standard InChI is InChI=1S/C22H23ClN2OS/c1-4-18-13-21(26-19-11-9-16(10-12-19)15(2)3)25-22(24-18)27-14-17-7-5-6-8-20(17)23/h5-13,15H,4,14H2,1-3H3. The number of halogens is 1. The van der Waals surface area contributed by atoms with Crippen molar-refractivity contribution in [3.63, 3.8) is 0 Å². The van der Waals surface area contributed by atoms with Gasteiger partial charge in [0.15, 0.2) is 5.16 Å². The Kier molecular flexibility index (Phi) is 6.75. The molecule has 0 atom stereocenters. The van der Waals surface area contributed by atoms with Crippen molar-refractivity contribution in [3.05, 3.63) is 76.4 Å². The first-order chi connectivity index (χ1) is 13.0. The first-order valence-corrected chi connectivity index (χ1v) is 10.4. The van der Waals surface area contributed by atoms with Gasteiger partial charge in [0, 0.05) is 22.5 Å². The van der Waals surface area contributed by atoms with Gasteiger partial charge >= 0.3 is 0 Å². The molecule has 0 aliphatic carbocycles. The van der Waals surface area contributed by atoms with Gasteiger partial charge in [0.1, 0.15) is 5.75 Å². The molecule has 0 aliphatic heterocycles. The number of thioether (sulfide) groups is 1. The van der Waals surface area contributed by atoms with Gasteiger partial charge in [0.2, 0.25) is 5.88 Å². The lowest BCUT2D eigenvalue weighted by Crippen LogP contribution is -1.98. The normalized spacial score (nSPS) is 11.0. The van der Waals surface area contributed by atoms with E-state index < -0.39 is 0 Å². The predicted molar refractivity (Wildman–Crippen MR) is 113 cm³/mol. The van der Waals surface area contributed by atoms with Gasteiger partial charge in [-0.25, -0.2) is 4.98 Å². The summed E-state index contributed by atoms with van der Waals surface area (Å²) in [5.74, 6) is 2.57. The lowest BCUT2D eigenvalue weighted by molar-refractivity contribution is 0.453. The number of aryl methyl sites for hydroxylation is 1. The van der Waals surface area contributed by atoms with Crippen LogP contribution in [-0.2, 0) is 12.2 Å². The lowest BCUT2D eigenvalue weighted by Gasteiger charge is -2.10. The van der Waals surface area contributed by atoms with Crippen LogP contribution in [0.3, 0.4) is 0 Å². The fourth-order valence-corrected chi connectivity index (χ4v) is 3.70. The highest BCUT2D eigenvalue weighted by atomic mass is 35.5. The minimum Gasteiger partial charge on any atom is -0.439 e. The summed E-state index contributed by atoms with van der Waals surface area (Å²) < 4.78 is 5.98. The third-order valence-electron chi connectivity index (χ3n) is 4.18. The van der Waals surface area contributed by atoms with E-state index in [0.29, 0.717) is 17.0 Å². The van der Waals surface area contributed by atoms with E-state index >= 15 is 0 Å². The first kappa shape index (κ1) is 19.7. The maximum absolute atomic E-state index is 6.24. The number of hydrogen-bond acceptors (Lipinski definition) is 4. The van der Waals surface area contributed by atoms with E-state index in [1.54, 1.807) is 11.8 Å². The quantitative estimate of drug-likeness (QED) is 0.320. The van der Waals surface area contributed by atoms with Crippen molar-refractivity contribution in [2.75, 3.05) is 0 Å². The third-order valence-corrected chi connectivity index (χ3v) is 5.45. The molecule has 0 N–H and O–H groups in total. The fourth-order valence-electron chi connectivity index (χ4n) is 2.55. The predicted octanol–water partition coefficient (Wildman–Crippen LogP) is 6.90. The molecule has 27 heavy (non-hydrogen) atoms. The van der Waals surface area contributed by atoms with Crippen LogP contribution in [0.5, 0.6) is 11.6 Å². The highest BCUT2D eigenvalue weighted by Crippen LogP contribution is 2.28. The summed E-state index contributed by atoms with van der Waals surface area (Å²) in [6.07, 6.45) is 0.824. The second-order valence-electron chi connectivity index (χ2n) is 6.54. The Morgan fingerprint density at radius 2 is 1.78 bits per heavy atom. The Balaban J connectivity index is 1.75. The van der Waals surface area contributed by atoms with Crippen LogP contribution in [0, 0.1) is 0 Å². The van der Waals surface area contributed by atoms with E-state index in [2.05, 4.69) is 42.9 Å². The van der Waals surface area contributed by atoms with Crippen LogP contribution in [-0.4, -0.2) is 9.97 Å². The molecule has 1 aromatic heterocycles. The van der Waals surface area contributed by atoms with Gasteiger partial charge in [-0.15, -0.1) is 0 Å². The van der Waals surface area contributed by atoms with Crippen molar-refractivity contribution in [2.45, 2.75) is 44.0 Å². The molecule has 0 unspecified atom stereocenters. The number of ether oxygens (including phenoxy) is 1. The molecule has 140 valence electrons. The summed E-state index contributed by atoms with van der Waals surface area (Å²) in [5.41, 5.74) is 3.32. The van der Waals surface area contributed by atoms with Crippen LogP contribution >= 0.6 is 23.4 Å². The summed E-state index contributed by atoms with van der Waals surface area (Å²) in [4.78, 5) is 9.17. The lowest BCUT2D eigenvalue weighted by atomic mass is 10.0. The molecule has 3 nitrogen and oxygen atoms in total. The van der Waals surface area contributed by atoms with Gasteiger partial charge in [0.05, 0.1) is 0 Å². The van der Waals surface area contributed by atoms with Crippen molar-refractivity contribution in [2.24, 2.45) is 0 Å². The number of hydrogen-bond donors (Lipinski definition) is 0. The fraction of sp³-hybridized carbons (Fsp3) is 0.273. The van der Waals surface area contributed by atoms with Crippen LogP contribution in [0.25, 0.3) is 0 Å². The Labute approximate surface area is 170 Å². The summed E-state index contributed by atoms with van der Waals surface area (Å²) >= 11 is 7.81. The van der Waals surface area contributed by atoms with Crippen molar-refractivity contribution < 1.29 is 4.74 Å². The van der Waals surface area contributed by atoms with Crippen molar-refractivity contribution in [1.29, 1.82) is 0 Å².